The lowest BCUT2D eigenvalue weighted by atomic mass is 9.78. The first-order valence-corrected chi connectivity index (χ1v) is 11.5. The van der Waals surface area contributed by atoms with Crippen molar-refractivity contribution in [2.24, 2.45) is 11.8 Å². The molecule has 1 saturated carbocycles. The summed E-state index contributed by atoms with van der Waals surface area (Å²) in [6.07, 6.45) is 24.1. The molecule has 0 amide bonds. The first-order valence-electron chi connectivity index (χ1n) is 11.5. The zero-order valence-electron chi connectivity index (χ0n) is 17.5. The number of rotatable bonds is 12. The molecule has 0 heterocycles. The van der Waals surface area contributed by atoms with Crippen molar-refractivity contribution in [2.75, 3.05) is 0 Å². The van der Waals surface area contributed by atoms with Gasteiger partial charge in [-0.05, 0) is 61.5 Å². The Morgan fingerprint density at radius 3 is 2.04 bits per heavy atom. The van der Waals surface area contributed by atoms with Gasteiger partial charge in [-0.25, -0.2) is 0 Å². The van der Waals surface area contributed by atoms with Gasteiger partial charge in [0.1, 0.15) is 0 Å². The van der Waals surface area contributed by atoms with Crippen LogP contribution in [0.3, 0.4) is 0 Å². The van der Waals surface area contributed by atoms with Crippen LogP contribution in [-0.4, -0.2) is 0 Å². The molecule has 0 aromatic heterocycles. The van der Waals surface area contributed by atoms with Crippen LogP contribution in [0.5, 0.6) is 0 Å². The number of hydrogen-bond donors (Lipinski definition) is 0. The Morgan fingerprint density at radius 1 is 0.731 bits per heavy atom. The highest BCUT2D eigenvalue weighted by atomic mass is 14.2. The van der Waals surface area contributed by atoms with Gasteiger partial charge < -0.3 is 0 Å². The largest absolute Gasteiger partial charge is 0.0879 e. The lowest BCUT2D eigenvalue weighted by Gasteiger charge is -2.27. The van der Waals surface area contributed by atoms with Crippen molar-refractivity contribution >= 4 is 0 Å². The third-order valence-corrected chi connectivity index (χ3v) is 6.26. The zero-order valence-corrected chi connectivity index (χ0v) is 17.5. The Balaban J connectivity index is 1.59. The molecule has 0 atom stereocenters. The molecular formula is C26H42. The molecule has 146 valence electrons. The molecule has 1 aliphatic carbocycles. The van der Waals surface area contributed by atoms with Gasteiger partial charge in [0, 0.05) is 0 Å². The Bertz CT molecular complexity index is 473. The Hall–Kier alpha value is -1.04. The summed E-state index contributed by atoms with van der Waals surface area (Å²) in [7, 11) is 0. The minimum Gasteiger partial charge on any atom is -0.0879 e. The van der Waals surface area contributed by atoms with Crippen LogP contribution >= 0.6 is 0 Å². The molecule has 0 heteroatoms. The first-order chi connectivity index (χ1) is 12.8. The highest BCUT2D eigenvalue weighted by molar-refractivity contribution is 5.24. The van der Waals surface area contributed by atoms with Crippen molar-refractivity contribution in [2.45, 2.75) is 104 Å². The Morgan fingerprint density at radius 2 is 1.35 bits per heavy atom. The zero-order chi connectivity index (χ0) is 18.5. The monoisotopic (exact) mass is 354 g/mol. The van der Waals surface area contributed by atoms with Crippen molar-refractivity contribution in [3.63, 3.8) is 0 Å². The molecule has 1 aliphatic rings. The van der Waals surface area contributed by atoms with E-state index in [1.807, 2.05) is 0 Å². The maximum Gasteiger partial charge on any atom is -0.00975 e. The van der Waals surface area contributed by atoms with Gasteiger partial charge in [0.2, 0.25) is 0 Å². The first kappa shape index (κ1) is 21.3. The number of aryl methyl sites for hydroxylation is 1. The maximum atomic E-state index is 2.46. The smallest absolute Gasteiger partial charge is 0.00975 e. The number of benzene rings is 1. The summed E-state index contributed by atoms with van der Waals surface area (Å²) in [4.78, 5) is 0. The van der Waals surface area contributed by atoms with E-state index >= 15 is 0 Å². The van der Waals surface area contributed by atoms with Crippen molar-refractivity contribution in [1.29, 1.82) is 0 Å². The molecular weight excluding hydrogens is 312 g/mol. The lowest BCUT2D eigenvalue weighted by Crippen LogP contribution is -2.14. The van der Waals surface area contributed by atoms with E-state index in [1.54, 1.807) is 0 Å². The van der Waals surface area contributed by atoms with Crippen LogP contribution in [0.2, 0.25) is 0 Å². The fourth-order valence-electron chi connectivity index (χ4n) is 4.37. The van der Waals surface area contributed by atoms with Crippen LogP contribution in [0.1, 0.15) is 102 Å². The molecule has 0 radical (unpaired) electrons. The molecule has 0 bridgehead atoms. The lowest BCUT2D eigenvalue weighted by molar-refractivity contribution is 0.260. The van der Waals surface area contributed by atoms with Crippen LogP contribution < -0.4 is 0 Å². The molecule has 0 nitrogen and oxygen atoms in total. The molecule has 1 aromatic rings. The molecule has 0 N–H and O–H groups in total. The molecule has 1 fully saturated rings. The predicted molar refractivity (Wildman–Crippen MR) is 117 cm³/mol. The molecule has 0 unspecified atom stereocenters. The van der Waals surface area contributed by atoms with E-state index in [0.717, 1.165) is 18.3 Å². The standard InChI is InChI=1S/C26H42/c1-3-5-7-11-23-15-19-25(20-16-23)13-9-10-14-26-21-17-24(18-22-26)12-8-6-4-2/h9-10,15-16,19-20,24,26H,3-8,11-14,17-18,21-22H2,1-2H3/b10-9-. The number of hydrogen-bond acceptors (Lipinski definition) is 0. The van der Waals surface area contributed by atoms with E-state index < -0.39 is 0 Å². The second kappa shape index (κ2) is 13.2. The van der Waals surface area contributed by atoms with Gasteiger partial charge in [0.05, 0.1) is 0 Å². The second-order valence-corrected chi connectivity index (χ2v) is 8.57. The summed E-state index contributed by atoms with van der Waals surface area (Å²) in [5.74, 6) is 1.99. The van der Waals surface area contributed by atoms with Crippen LogP contribution in [-0.2, 0) is 12.8 Å². The Labute approximate surface area is 163 Å². The van der Waals surface area contributed by atoms with Gasteiger partial charge in [-0.2, -0.15) is 0 Å². The van der Waals surface area contributed by atoms with Crippen molar-refractivity contribution < 1.29 is 0 Å². The Kier molecular flexibility index (Phi) is 10.8. The molecule has 0 spiro atoms. The summed E-state index contributed by atoms with van der Waals surface area (Å²) in [6, 6.07) is 9.32. The van der Waals surface area contributed by atoms with Crippen LogP contribution in [0.15, 0.2) is 36.4 Å². The van der Waals surface area contributed by atoms with E-state index in [2.05, 4.69) is 50.3 Å². The molecule has 1 aromatic carbocycles. The molecule has 0 aliphatic heterocycles. The summed E-state index contributed by atoms with van der Waals surface area (Å²) in [5, 5.41) is 0. The van der Waals surface area contributed by atoms with E-state index in [0.29, 0.717) is 0 Å². The summed E-state index contributed by atoms with van der Waals surface area (Å²) >= 11 is 0. The number of allylic oxidation sites excluding steroid dienone is 2. The highest BCUT2D eigenvalue weighted by Gasteiger charge is 2.19. The van der Waals surface area contributed by atoms with Gasteiger partial charge in [-0.3, -0.25) is 0 Å². The van der Waals surface area contributed by atoms with Gasteiger partial charge >= 0.3 is 0 Å². The third-order valence-electron chi connectivity index (χ3n) is 6.26. The van der Waals surface area contributed by atoms with Crippen molar-refractivity contribution in [1.82, 2.24) is 0 Å². The maximum absolute atomic E-state index is 2.46. The fraction of sp³-hybridized carbons (Fsp3) is 0.692. The van der Waals surface area contributed by atoms with Gasteiger partial charge in [0.25, 0.3) is 0 Å². The van der Waals surface area contributed by atoms with Gasteiger partial charge in [-0.1, -0.05) is 102 Å². The van der Waals surface area contributed by atoms with E-state index in [9.17, 15) is 0 Å². The third kappa shape index (κ3) is 8.56. The van der Waals surface area contributed by atoms with Crippen LogP contribution in [0.4, 0.5) is 0 Å². The normalized spacial score (nSPS) is 20.7. The van der Waals surface area contributed by atoms with Crippen LogP contribution in [0.25, 0.3) is 0 Å². The number of unbranched alkanes of at least 4 members (excludes halogenated alkanes) is 4. The quantitative estimate of drug-likeness (QED) is 0.261. The molecule has 2 rings (SSSR count). The average Bonchev–Trinajstić information content (AvgIpc) is 2.68. The minimum atomic E-state index is 0.953. The highest BCUT2D eigenvalue weighted by Crippen LogP contribution is 2.33. The van der Waals surface area contributed by atoms with Crippen molar-refractivity contribution in [3.8, 4) is 0 Å². The van der Waals surface area contributed by atoms with E-state index in [-0.39, 0.29) is 0 Å². The predicted octanol–water partition coefficient (Wildman–Crippen LogP) is 8.29. The summed E-state index contributed by atoms with van der Waals surface area (Å²) in [6.45, 7) is 4.58. The average molecular weight is 355 g/mol. The van der Waals surface area contributed by atoms with Gasteiger partial charge in [0.15, 0.2) is 0 Å². The van der Waals surface area contributed by atoms with E-state index in [4.69, 9.17) is 0 Å². The summed E-state index contributed by atoms with van der Waals surface area (Å²) in [5.41, 5.74) is 2.96. The second-order valence-electron chi connectivity index (χ2n) is 8.57. The van der Waals surface area contributed by atoms with Crippen LogP contribution in [0, 0.1) is 11.8 Å². The minimum absolute atomic E-state index is 0.953. The SMILES string of the molecule is CCCCCc1ccc(C/C=C\CC2CCC(CCCCC)CC2)cc1. The molecule has 0 saturated heterocycles. The van der Waals surface area contributed by atoms with Gasteiger partial charge in [-0.15, -0.1) is 0 Å². The van der Waals surface area contributed by atoms with Crippen molar-refractivity contribution in [3.05, 3.63) is 47.5 Å². The molecule has 26 heavy (non-hydrogen) atoms. The summed E-state index contributed by atoms with van der Waals surface area (Å²) < 4.78 is 0. The fourth-order valence-corrected chi connectivity index (χ4v) is 4.37. The topological polar surface area (TPSA) is 0 Å². The van der Waals surface area contributed by atoms with E-state index in [1.165, 1.54) is 94.6 Å².